The van der Waals surface area contributed by atoms with E-state index in [-0.39, 0.29) is 11.8 Å². The van der Waals surface area contributed by atoms with Crippen molar-refractivity contribution in [2.24, 2.45) is 0 Å². The fraction of sp³-hybridized carbons (Fsp3) is 0.412. The molecule has 5 nitrogen and oxygen atoms in total. The predicted molar refractivity (Wildman–Crippen MR) is 87.0 cm³/mol. The second-order valence-electron chi connectivity index (χ2n) is 5.95. The number of anilines is 1. The van der Waals surface area contributed by atoms with Gasteiger partial charge in [-0.1, -0.05) is 0 Å². The van der Waals surface area contributed by atoms with Gasteiger partial charge in [-0.15, -0.1) is 0 Å². The molecule has 2 aromatic rings. The molecule has 23 heavy (non-hydrogen) atoms. The van der Waals surface area contributed by atoms with E-state index in [9.17, 15) is 9.18 Å². The van der Waals surface area contributed by atoms with E-state index >= 15 is 0 Å². The number of rotatable bonds is 6. The third-order valence-corrected chi connectivity index (χ3v) is 3.99. The number of carbonyl (C=O) groups is 1. The second kappa shape index (κ2) is 6.81. The summed E-state index contributed by atoms with van der Waals surface area (Å²) in [7, 11) is 0. The molecule has 122 valence electrons. The summed E-state index contributed by atoms with van der Waals surface area (Å²) in [6.45, 7) is 3.03. The van der Waals surface area contributed by atoms with Gasteiger partial charge in [0.15, 0.2) is 0 Å². The first-order chi connectivity index (χ1) is 11.1. The van der Waals surface area contributed by atoms with E-state index in [0.717, 1.165) is 13.0 Å². The smallest absolute Gasteiger partial charge is 0.319 e. The van der Waals surface area contributed by atoms with Crippen LogP contribution in [-0.4, -0.2) is 22.4 Å². The molecule has 0 atom stereocenters. The fourth-order valence-corrected chi connectivity index (χ4v) is 2.58. The van der Waals surface area contributed by atoms with Crippen LogP contribution in [0.15, 0.2) is 30.5 Å². The van der Waals surface area contributed by atoms with Crippen LogP contribution in [0.4, 0.5) is 14.9 Å². The molecule has 0 aliphatic heterocycles. The summed E-state index contributed by atoms with van der Waals surface area (Å²) in [4.78, 5) is 11.8. The van der Waals surface area contributed by atoms with Crippen molar-refractivity contribution in [1.82, 2.24) is 15.1 Å². The molecule has 2 N–H and O–H groups in total. The number of nitrogens with one attached hydrogen (secondary N) is 2. The van der Waals surface area contributed by atoms with E-state index in [4.69, 9.17) is 0 Å². The largest absolute Gasteiger partial charge is 0.338 e. The zero-order valence-corrected chi connectivity index (χ0v) is 13.2. The maximum atomic E-state index is 13.2. The number of amides is 2. The van der Waals surface area contributed by atoms with Crippen LogP contribution in [0.25, 0.3) is 0 Å². The first-order valence-electron chi connectivity index (χ1n) is 7.96. The van der Waals surface area contributed by atoms with Gasteiger partial charge < -0.3 is 10.6 Å². The van der Waals surface area contributed by atoms with Crippen LogP contribution in [0.1, 0.15) is 36.4 Å². The van der Waals surface area contributed by atoms with Gasteiger partial charge >= 0.3 is 6.03 Å². The molecule has 0 radical (unpaired) electrons. The zero-order chi connectivity index (χ0) is 16.2. The highest BCUT2D eigenvalue weighted by Gasteiger charge is 2.26. The summed E-state index contributed by atoms with van der Waals surface area (Å²) in [6, 6.07) is 6.31. The van der Waals surface area contributed by atoms with E-state index in [2.05, 4.69) is 21.8 Å². The normalized spacial score (nSPS) is 13.8. The lowest BCUT2D eigenvalue weighted by Crippen LogP contribution is -2.30. The Morgan fingerprint density at radius 1 is 1.39 bits per heavy atom. The van der Waals surface area contributed by atoms with Crippen LogP contribution in [0.3, 0.4) is 0 Å². The first kappa shape index (κ1) is 15.5. The van der Waals surface area contributed by atoms with Crippen molar-refractivity contribution in [3.05, 3.63) is 47.5 Å². The van der Waals surface area contributed by atoms with Gasteiger partial charge in [-0.2, -0.15) is 5.10 Å². The molecule has 3 rings (SSSR count). The van der Waals surface area contributed by atoms with Gasteiger partial charge in [0, 0.05) is 36.6 Å². The third-order valence-electron chi connectivity index (χ3n) is 3.99. The highest BCUT2D eigenvalue weighted by atomic mass is 19.1. The lowest BCUT2D eigenvalue weighted by molar-refractivity contribution is 0.251. The molecule has 1 saturated carbocycles. The van der Waals surface area contributed by atoms with Gasteiger partial charge in [-0.3, -0.25) is 4.68 Å². The van der Waals surface area contributed by atoms with Crippen molar-refractivity contribution >= 4 is 11.7 Å². The highest BCUT2D eigenvalue weighted by molar-refractivity contribution is 5.89. The Hall–Kier alpha value is -2.37. The minimum atomic E-state index is -0.279. The molecule has 1 aliphatic carbocycles. The summed E-state index contributed by atoms with van der Waals surface area (Å²) in [5.41, 5.74) is 2.40. The lowest BCUT2D eigenvalue weighted by Gasteiger charge is -2.10. The SMILES string of the molecule is Cc1cc(NC(=O)NCCCn2nccc2C2CC2)ccc1F. The number of urea groups is 1. The summed E-state index contributed by atoms with van der Waals surface area (Å²) in [5.74, 6) is 0.400. The Kier molecular flexibility index (Phi) is 4.60. The Labute approximate surface area is 134 Å². The molecule has 1 fully saturated rings. The van der Waals surface area contributed by atoms with Crippen LogP contribution < -0.4 is 10.6 Å². The van der Waals surface area contributed by atoms with Crippen LogP contribution in [0.2, 0.25) is 0 Å². The molecular weight excluding hydrogens is 295 g/mol. The van der Waals surface area contributed by atoms with E-state index < -0.39 is 0 Å². The summed E-state index contributed by atoms with van der Waals surface area (Å²) in [6.07, 6.45) is 5.16. The molecule has 1 heterocycles. The maximum absolute atomic E-state index is 13.2. The van der Waals surface area contributed by atoms with E-state index in [1.165, 1.54) is 24.6 Å². The number of nitrogens with zero attached hydrogens (tertiary/aromatic N) is 2. The Balaban J connectivity index is 1.40. The van der Waals surface area contributed by atoms with Crippen LogP contribution in [0, 0.1) is 12.7 Å². The van der Waals surface area contributed by atoms with Gasteiger partial charge in [0.25, 0.3) is 0 Å². The summed E-state index contributed by atoms with van der Waals surface area (Å²) in [5, 5.41) is 9.84. The molecule has 0 unspecified atom stereocenters. The van der Waals surface area contributed by atoms with Crippen molar-refractivity contribution in [2.45, 2.75) is 38.6 Å². The standard InChI is InChI=1S/C17H21FN4O/c1-12-11-14(5-6-15(12)18)21-17(23)19-8-2-10-22-16(7-9-20-22)13-3-4-13/h5-7,9,11,13H,2-4,8,10H2,1H3,(H2,19,21,23). The number of benzene rings is 1. The monoisotopic (exact) mass is 316 g/mol. The Bertz CT molecular complexity index is 694. The van der Waals surface area contributed by atoms with Crippen LogP contribution in [-0.2, 0) is 6.54 Å². The summed E-state index contributed by atoms with van der Waals surface area (Å²) >= 11 is 0. The maximum Gasteiger partial charge on any atom is 0.319 e. The lowest BCUT2D eigenvalue weighted by atomic mass is 10.2. The van der Waals surface area contributed by atoms with Crippen molar-refractivity contribution in [1.29, 1.82) is 0 Å². The zero-order valence-electron chi connectivity index (χ0n) is 13.2. The van der Waals surface area contributed by atoms with E-state index in [1.54, 1.807) is 19.1 Å². The van der Waals surface area contributed by atoms with Gasteiger partial charge in [-0.25, -0.2) is 9.18 Å². The van der Waals surface area contributed by atoms with Crippen molar-refractivity contribution < 1.29 is 9.18 Å². The number of hydrogen-bond donors (Lipinski definition) is 2. The molecule has 0 spiro atoms. The number of aromatic nitrogens is 2. The molecule has 1 aliphatic rings. The number of halogens is 1. The minimum Gasteiger partial charge on any atom is -0.338 e. The average molecular weight is 316 g/mol. The topological polar surface area (TPSA) is 59.0 Å². The molecule has 6 heteroatoms. The fourth-order valence-electron chi connectivity index (χ4n) is 2.58. The van der Waals surface area contributed by atoms with Crippen molar-refractivity contribution in [2.75, 3.05) is 11.9 Å². The quantitative estimate of drug-likeness (QED) is 0.802. The van der Waals surface area contributed by atoms with E-state index in [1.807, 2.05) is 10.9 Å². The number of hydrogen-bond acceptors (Lipinski definition) is 2. The molecular formula is C17H21FN4O. The van der Waals surface area contributed by atoms with Gasteiger partial charge in [-0.05, 0) is 56.0 Å². The molecule has 0 bridgehead atoms. The summed E-state index contributed by atoms with van der Waals surface area (Å²) < 4.78 is 15.2. The average Bonchev–Trinajstić information content (AvgIpc) is 3.26. The third kappa shape index (κ3) is 4.09. The molecule has 2 amide bonds. The predicted octanol–water partition coefficient (Wildman–Crippen LogP) is 3.42. The Morgan fingerprint density at radius 2 is 2.22 bits per heavy atom. The second-order valence-corrected chi connectivity index (χ2v) is 5.95. The number of aryl methyl sites for hydroxylation is 2. The minimum absolute atomic E-state index is 0.276. The molecule has 1 aromatic heterocycles. The number of carbonyl (C=O) groups excluding carboxylic acids is 1. The Morgan fingerprint density at radius 3 is 2.96 bits per heavy atom. The first-order valence-corrected chi connectivity index (χ1v) is 7.96. The van der Waals surface area contributed by atoms with Gasteiger partial charge in [0.2, 0.25) is 0 Å². The van der Waals surface area contributed by atoms with Crippen molar-refractivity contribution in [3.63, 3.8) is 0 Å². The highest BCUT2D eigenvalue weighted by Crippen LogP contribution is 2.39. The van der Waals surface area contributed by atoms with Crippen LogP contribution in [0.5, 0.6) is 0 Å². The van der Waals surface area contributed by atoms with Crippen LogP contribution >= 0.6 is 0 Å². The van der Waals surface area contributed by atoms with Gasteiger partial charge in [0.1, 0.15) is 5.82 Å². The van der Waals surface area contributed by atoms with Gasteiger partial charge in [0.05, 0.1) is 0 Å². The molecule has 1 aromatic carbocycles. The van der Waals surface area contributed by atoms with E-state index in [0.29, 0.717) is 23.7 Å². The molecule has 0 saturated heterocycles. The van der Waals surface area contributed by atoms with Crippen molar-refractivity contribution in [3.8, 4) is 0 Å².